The van der Waals surface area contributed by atoms with E-state index in [2.05, 4.69) is 15.3 Å². The van der Waals surface area contributed by atoms with Crippen LogP contribution in [0.25, 0.3) is 0 Å². The van der Waals surface area contributed by atoms with Crippen molar-refractivity contribution < 1.29 is 9.59 Å². The van der Waals surface area contributed by atoms with Crippen molar-refractivity contribution in [1.82, 2.24) is 15.3 Å². The van der Waals surface area contributed by atoms with Crippen LogP contribution in [0, 0.1) is 5.41 Å². The van der Waals surface area contributed by atoms with Crippen LogP contribution in [0.15, 0.2) is 12.5 Å². The number of nitrogens with zero attached hydrogens (tertiary/aromatic N) is 1. The average molecular weight is 265 g/mol. The van der Waals surface area contributed by atoms with E-state index in [4.69, 9.17) is 0 Å². The van der Waals surface area contributed by atoms with Crippen molar-refractivity contribution in [3.8, 4) is 0 Å². The number of carbonyl (C=O) groups is 2. The molecule has 0 aliphatic rings. The Balaban J connectivity index is 2.84. The predicted molar refractivity (Wildman–Crippen MR) is 73.8 cm³/mol. The molecule has 2 unspecified atom stereocenters. The average Bonchev–Trinajstić information content (AvgIpc) is 2.78. The smallest absolute Gasteiger partial charge is 0.155 e. The first kappa shape index (κ1) is 15.6. The molecule has 19 heavy (non-hydrogen) atoms. The lowest BCUT2D eigenvalue weighted by molar-refractivity contribution is -0.129. The number of hydrogen-bond acceptors (Lipinski definition) is 4. The third kappa shape index (κ3) is 4.59. The highest BCUT2D eigenvalue weighted by Crippen LogP contribution is 2.19. The molecular formula is C14H23N3O2. The minimum Gasteiger partial charge on any atom is -0.348 e. The van der Waals surface area contributed by atoms with E-state index in [1.165, 1.54) is 6.92 Å². The van der Waals surface area contributed by atoms with E-state index in [0.29, 0.717) is 6.42 Å². The fourth-order valence-corrected chi connectivity index (χ4v) is 1.79. The van der Waals surface area contributed by atoms with Crippen LogP contribution < -0.4 is 5.32 Å². The summed E-state index contributed by atoms with van der Waals surface area (Å²) >= 11 is 0. The minimum absolute atomic E-state index is 0.0244. The Morgan fingerprint density at radius 2 is 2.05 bits per heavy atom. The monoisotopic (exact) mass is 265 g/mol. The second kappa shape index (κ2) is 6.10. The SMILES string of the molecule is CC(=O)C(C)NC(Cc1cnc[nH]1)C(=O)C(C)(C)C. The Morgan fingerprint density at radius 1 is 1.42 bits per heavy atom. The molecule has 0 saturated heterocycles. The third-order valence-corrected chi connectivity index (χ3v) is 3.10. The number of aromatic nitrogens is 2. The maximum Gasteiger partial charge on any atom is 0.155 e. The molecule has 1 rings (SSSR count). The zero-order chi connectivity index (χ0) is 14.6. The van der Waals surface area contributed by atoms with Gasteiger partial charge >= 0.3 is 0 Å². The van der Waals surface area contributed by atoms with Gasteiger partial charge in [0.25, 0.3) is 0 Å². The molecule has 1 aromatic heterocycles. The number of ketones is 2. The first-order valence-corrected chi connectivity index (χ1v) is 6.50. The Hall–Kier alpha value is -1.49. The van der Waals surface area contributed by atoms with Crippen LogP contribution in [0.1, 0.15) is 40.3 Å². The van der Waals surface area contributed by atoms with E-state index >= 15 is 0 Å². The molecule has 1 heterocycles. The van der Waals surface area contributed by atoms with Gasteiger partial charge in [0.1, 0.15) is 5.78 Å². The second-order valence-electron chi connectivity index (χ2n) is 5.95. The van der Waals surface area contributed by atoms with E-state index in [9.17, 15) is 9.59 Å². The highest BCUT2D eigenvalue weighted by atomic mass is 16.1. The molecule has 106 valence electrons. The first-order chi connectivity index (χ1) is 8.71. The van der Waals surface area contributed by atoms with Crippen LogP contribution in [0.3, 0.4) is 0 Å². The number of nitrogens with one attached hydrogen (secondary N) is 2. The Bertz CT molecular complexity index is 432. The summed E-state index contributed by atoms with van der Waals surface area (Å²) in [5.74, 6) is 0.117. The highest BCUT2D eigenvalue weighted by molar-refractivity contribution is 5.90. The summed E-state index contributed by atoms with van der Waals surface area (Å²) in [5, 5.41) is 3.11. The van der Waals surface area contributed by atoms with Gasteiger partial charge in [0, 0.05) is 23.7 Å². The number of hydrogen-bond donors (Lipinski definition) is 2. The molecule has 0 radical (unpaired) electrons. The van der Waals surface area contributed by atoms with Crippen LogP contribution in [0.5, 0.6) is 0 Å². The molecule has 0 amide bonds. The number of imidazole rings is 1. The van der Waals surface area contributed by atoms with Crippen molar-refractivity contribution in [3.05, 3.63) is 18.2 Å². The predicted octanol–water partition coefficient (Wildman–Crippen LogP) is 1.50. The van der Waals surface area contributed by atoms with E-state index in [0.717, 1.165) is 5.69 Å². The van der Waals surface area contributed by atoms with Gasteiger partial charge in [-0.15, -0.1) is 0 Å². The fourth-order valence-electron chi connectivity index (χ4n) is 1.79. The number of carbonyl (C=O) groups excluding carboxylic acids is 2. The van der Waals surface area contributed by atoms with Gasteiger partial charge in [0.2, 0.25) is 0 Å². The molecule has 0 fully saturated rings. The van der Waals surface area contributed by atoms with Crippen molar-refractivity contribution in [3.63, 3.8) is 0 Å². The Labute approximate surface area is 114 Å². The third-order valence-electron chi connectivity index (χ3n) is 3.10. The summed E-state index contributed by atoms with van der Waals surface area (Å²) in [7, 11) is 0. The molecule has 2 atom stereocenters. The highest BCUT2D eigenvalue weighted by Gasteiger charge is 2.31. The van der Waals surface area contributed by atoms with Crippen molar-refractivity contribution in [1.29, 1.82) is 0 Å². The van der Waals surface area contributed by atoms with Crippen molar-refractivity contribution in [2.24, 2.45) is 5.41 Å². The van der Waals surface area contributed by atoms with Gasteiger partial charge in [0.05, 0.1) is 18.4 Å². The molecule has 0 saturated carbocycles. The maximum atomic E-state index is 12.4. The lowest BCUT2D eigenvalue weighted by Gasteiger charge is -2.27. The van der Waals surface area contributed by atoms with E-state index in [1.54, 1.807) is 19.4 Å². The summed E-state index contributed by atoms with van der Waals surface area (Å²) in [6.07, 6.45) is 3.79. The Morgan fingerprint density at radius 3 is 2.47 bits per heavy atom. The molecule has 1 aromatic rings. The molecule has 0 aliphatic carbocycles. The second-order valence-corrected chi connectivity index (χ2v) is 5.95. The maximum absolute atomic E-state index is 12.4. The minimum atomic E-state index is -0.450. The van der Waals surface area contributed by atoms with E-state index in [1.807, 2.05) is 20.8 Å². The summed E-state index contributed by atoms with van der Waals surface area (Å²) in [6.45, 7) is 8.95. The van der Waals surface area contributed by atoms with Crippen LogP contribution >= 0.6 is 0 Å². The zero-order valence-electron chi connectivity index (χ0n) is 12.3. The molecular weight excluding hydrogens is 242 g/mol. The van der Waals surface area contributed by atoms with Crippen LogP contribution in [0.4, 0.5) is 0 Å². The lowest BCUT2D eigenvalue weighted by atomic mass is 9.84. The van der Waals surface area contributed by atoms with Gasteiger partial charge < -0.3 is 4.98 Å². The van der Waals surface area contributed by atoms with Crippen molar-refractivity contribution in [2.75, 3.05) is 0 Å². The van der Waals surface area contributed by atoms with Crippen molar-refractivity contribution in [2.45, 2.75) is 53.1 Å². The normalized spacial score (nSPS) is 15.0. The van der Waals surface area contributed by atoms with Gasteiger partial charge in [-0.2, -0.15) is 0 Å². The topological polar surface area (TPSA) is 74.8 Å². The molecule has 0 aromatic carbocycles. The quantitative estimate of drug-likeness (QED) is 0.817. The molecule has 0 bridgehead atoms. The molecule has 5 heteroatoms. The number of rotatable bonds is 6. The molecule has 0 spiro atoms. The first-order valence-electron chi connectivity index (χ1n) is 6.50. The van der Waals surface area contributed by atoms with Crippen LogP contribution in [-0.2, 0) is 16.0 Å². The standard InChI is InChI=1S/C14H23N3O2/c1-9(10(2)18)17-12(13(19)14(3,4)5)6-11-7-15-8-16-11/h7-9,12,17H,6H2,1-5H3,(H,15,16). The Kier molecular flexibility index (Phi) is 5.00. The number of Topliss-reactive ketones (excluding diaryl/α,β-unsaturated/α-hetero) is 2. The number of aromatic amines is 1. The summed E-state index contributed by atoms with van der Waals surface area (Å²) < 4.78 is 0. The van der Waals surface area contributed by atoms with Gasteiger partial charge in [-0.05, 0) is 13.8 Å². The number of H-pyrrole nitrogens is 1. The summed E-state index contributed by atoms with van der Waals surface area (Å²) in [4.78, 5) is 30.7. The van der Waals surface area contributed by atoms with Gasteiger partial charge in [-0.3, -0.25) is 14.9 Å². The largest absolute Gasteiger partial charge is 0.348 e. The fraction of sp³-hybridized carbons (Fsp3) is 0.643. The van der Waals surface area contributed by atoms with Gasteiger partial charge in [-0.25, -0.2) is 4.98 Å². The van der Waals surface area contributed by atoms with Crippen LogP contribution in [-0.4, -0.2) is 33.6 Å². The summed E-state index contributed by atoms with van der Waals surface area (Å²) in [6, 6.07) is -0.724. The molecule has 2 N–H and O–H groups in total. The van der Waals surface area contributed by atoms with Crippen molar-refractivity contribution >= 4 is 11.6 Å². The lowest BCUT2D eigenvalue weighted by Crippen LogP contribution is -2.49. The molecule has 5 nitrogen and oxygen atoms in total. The van der Waals surface area contributed by atoms with E-state index in [-0.39, 0.29) is 23.7 Å². The summed E-state index contributed by atoms with van der Waals surface area (Å²) in [5.41, 5.74) is 0.430. The van der Waals surface area contributed by atoms with Crippen LogP contribution in [0.2, 0.25) is 0 Å². The zero-order valence-corrected chi connectivity index (χ0v) is 12.3. The van der Waals surface area contributed by atoms with Gasteiger partial charge in [0.15, 0.2) is 5.78 Å². The van der Waals surface area contributed by atoms with E-state index < -0.39 is 5.41 Å². The van der Waals surface area contributed by atoms with Gasteiger partial charge in [-0.1, -0.05) is 20.8 Å². The molecule has 0 aliphatic heterocycles.